The molecular formula is C32H36O8. The number of hydrogen-bond donors (Lipinski definition) is 1. The van der Waals surface area contributed by atoms with Crippen LogP contribution < -0.4 is 14.2 Å². The molecule has 0 saturated heterocycles. The Bertz CT molecular complexity index is 1340. The molecular weight excluding hydrogens is 512 g/mol. The first-order valence-electron chi connectivity index (χ1n) is 13.6. The van der Waals surface area contributed by atoms with Gasteiger partial charge in [0, 0.05) is 24.3 Å². The van der Waals surface area contributed by atoms with Crippen LogP contribution in [-0.2, 0) is 14.3 Å². The Kier molecular flexibility index (Phi) is 9.30. The number of carbonyl (C=O) groups excluding carboxylic acids is 3. The Morgan fingerprint density at radius 2 is 1.90 bits per heavy atom. The van der Waals surface area contributed by atoms with E-state index in [4.69, 9.17) is 18.9 Å². The number of esters is 2. The van der Waals surface area contributed by atoms with E-state index in [0.717, 1.165) is 5.57 Å². The first-order valence-corrected chi connectivity index (χ1v) is 13.6. The molecule has 2 heterocycles. The van der Waals surface area contributed by atoms with E-state index in [0.29, 0.717) is 73.3 Å². The molecule has 0 spiro atoms. The van der Waals surface area contributed by atoms with Crippen LogP contribution in [0.2, 0.25) is 0 Å². The number of fused-ring (bicyclic) bond motifs is 2. The average molecular weight is 549 g/mol. The predicted octanol–water partition coefficient (Wildman–Crippen LogP) is 6.28. The maximum atomic E-state index is 13.4. The summed E-state index contributed by atoms with van der Waals surface area (Å²) in [4.78, 5) is 38.2. The maximum Gasteiger partial charge on any atom is 0.342 e. The second-order valence-electron chi connectivity index (χ2n) is 10.4. The number of allylic oxidation sites excluding steroid dienone is 1. The summed E-state index contributed by atoms with van der Waals surface area (Å²) in [6.07, 6.45) is 6.47. The van der Waals surface area contributed by atoms with Crippen molar-refractivity contribution >= 4 is 23.8 Å². The van der Waals surface area contributed by atoms with E-state index >= 15 is 0 Å². The maximum absolute atomic E-state index is 13.4. The van der Waals surface area contributed by atoms with E-state index in [9.17, 15) is 19.5 Å². The first-order chi connectivity index (χ1) is 19.2. The van der Waals surface area contributed by atoms with Crippen molar-refractivity contribution in [3.63, 3.8) is 0 Å². The number of Topliss-reactive ketones (excluding diaryl/α,β-unsaturated/α-hetero) is 1. The molecule has 0 aliphatic carbocycles. The minimum Gasteiger partial charge on any atom is -0.507 e. The van der Waals surface area contributed by atoms with Crippen molar-refractivity contribution in [3.8, 4) is 23.0 Å². The second-order valence-corrected chi connectivity index (χ2v) is 10.4. The third-order valence-electron chi connectivity index (χ3n) is 7.04. The number of benzene rings is 2. The van der Waals surface area contributed by atoms with Crippen molar-refractivity contribution in [3.05, 3.63) is 64.7 Å². The van der Waals surface area contributed by atoms with Gasteiger partial charge in [-0.25, -0.2) is 4.79 Å². The van der Waals surface area contributed by atoms with Gasteiger partial charge in [-0.1, -0.05) is 24.8 Å². The van der Waals surface area contributed by atoms with Gasteiger partial charge in [0.15, 0.2) is 11.5 Å². The van der Waals surface area contributed by atoms with E-state index in [1.54, 1.807) is 37.3 Å². The van der Waals surface area contributed by atoms with E-state index in [-0.39, 0.29) is 29.3 Å². The third kappa shape index (κ3) is 6.73. The van der Waals surface area contributed by atoms with Gasteiger partial charge in [-0.2, -0.15) is 0 Å². The summed E-state index contributed by atoms with van der Waals surface area (Å²) in [5.41, 5.74) is 2.28. The zero-order valence-electron chi connectivity index (χ0n) is 23.3. The molecule has 8 heteroatoms. The molecule has 0 fully saturated rings. The van der Waals surface area contributed by atoms with Crippen LogP contribution in [0.25, 0.3) is 6.08 Å². The van der Waals surface area contributed by atoms with Crippen LogP contribution in [0, 0.1) is 0 Å². The number of carbonyl (C=O) groups is 3. The fourth-order valence-corrected chi connectivity index (χ4v) is 5.02. The SMILES string of the molecule is C=C(C)COc1ccc(C2CC(=O)Oc3cc4c(c(O)c32)C(=O)OC(C)CCCC(=O)CCCC=C4)cc1OC. The Labute approximate surface area is 234 Å². The summed E-state index contributed by atoms with van der Waals surface area (Å²) in [7, 11) is 1.52. The van der Waals surface area contributed by atoms with Crippen molar-refractivity contribution < 1.29 is 38.4 Å². The molecule has 2 aromatic carbocycles. The lowest BCUT2D eigenvalue weighted by molar-refractivity contribution is -0.135. The number of phenolic OH excluding ortho intramolecular Hbond substituents is 1. The van der Waals surface area contributed by atoms with E-state index < -0.39 is 24.0 Å². The largest absolute Gasteiger partial charge is 0.507 e. The van der Waals surface area contributed by atoms with E-state index in [1.165, 1.54) is 7.11 Å². The number of rotatable bonds is 5. The zero-order chi connectivity index (χ0) is 28.8. The van der Waals surface area contributed by atoms with Gasteiger partial charge in [0.1, 0.15) is 29.5 Å². The number of phenols is 1. The van der Waals surface area contributed by atoms with Gasteiger partial charge in [0.25, 0.3) is 0 Å². The summed E-state index contributed by atoms with van der Waals surface area (Å²) >= 11 is 0. The highest BCUT2D eigenvalue weighted by atomic mass is 16.5. The lowest BCUT2D eigenvalue weighted by atomic mass is 9.83. The molecule has 40 heavy (non-hydrogen) atoms. The molecule has 0 amide bonds. The molecule has 212 valence electrons. The van der Waals surface area contributed by atoms with Crippen LogP contribution in [-0.4, -0.2) is 42.6 Å². The van der Waals surface area contributed by atoms with Crippen molar-refractivity contribution in [2.24, 2.45) is 0 Å². The highest BCUT2D eigenvalue weighted by molar-refractivity contribution is 5.98. The summed E-state index contributed by atoms with van der Waals surface area (Å²) in [5, 5.41) is 11.6. The normalized spacial score (nSPS) is 19.9. The Morgan fingerprint density at radius 3 is 2.65 bits per heavy atom. The number of ether oxygens (including phenoxy) is 4. The third-order valence-corrected chi connectivity index (χ3v) is 7.04. The lowest BCUT2D eigenvalue weighted by Gasteiger charge is -2.28. The fourth-order valence-electron chi connectivity index (χ4n) is 5.02. The predicted molar refractivity (Wildman–Crippen MR) is 150 cm³/mol. The molecule has 2 atom stereocenters. The number of hydrogen-bond acceptors (Lipinski definition) is 8. The minimum atomic E-state index is -0.674. The van der Waals surface area contributed by atoms with E-state index in [1.807, 2.05) is 13.0 Å². The Morgan fingerprint density at radius 1 is 1.12 bits per heavy atom. The number of ketones is 1. The molecule has 2 unspecified atom stereocenters. The van der Waals surface area contributed by atoms with Crippen LogP contribution >= 0.6 is 0 Å². The lowest BCUT2D eigenvalue weighted by Crippen LogP contribution is -2.23. The summed E-state index contributed by atoms with van der Waals surface area (Å²) in [6.45, 7) is 7.80. The highest BCUT2D eigenvalue weighted by Crippen LogP contribution is 2.48. The Balaban J connectivity index is 1.78. The standard InChI is InChI=1S/C32H36O8/c1-19(2)18-38-25-14-13-21(15-26(25)37-4)24-17-28(34)40-27-16-22-10-6-5-7-11-23(33)12-8-9-20(3)39-32(36)29(22)31(35)30(24)27/h6,10,13-16,20,24,35H,1,5,7-9,11-12,17-18H2,2-4H3. The van der Waals surface area contributed by atoms with Crippen LogP contribution in [0.5, 0.6) is 23.0 Å². The van der Waals surface area contributed by atoms with Crippen molar-refractivity contribution in [2.45, 2.75) is 70.8 Å². The topological polar surface area (TPSA) is 108 Å². The number of aromatic hydroxyl groups is 1. The average Bonchev–Trinajstić information content (AvgIpc) is 2.90. The van der Waals surface area contributed by atoms with Gasteiger partial charge in [0.2, 0.25) is 0 Å². The summed E-state index contributed by atoms with van der Waals surface area (Å²) in [6, 6.07) is 6.90. The molecule has 0 aromatic heterocycles. The minimum absolute atomic E-state index is 0.0197. The summed E-state index contributed by atoms with van der Waals surface area (Å²) < 4.78 is 22.6. The van der Waals surface area contributed by atoms with Gasteiger partial charge < -0.3 is 24.1 Å². The molecule has 8 nitrogen and oxygen atoms in total. The van der Waals surface area contributed by atoms with Crippen molar-refractivity contribution in [1.82, 2.24) is 0 Å². The van der Waals surface area contributed by atoms with Gasteiger partial charge in [-0.05, 0) is 74.4 Å². The Hall–Kier alpha value is -4.07. The number of methoxy groups -OCH3 is 1. The molecule has 2 aromatic rings. The van der Waals surface area contributed by atoms with Crippen LogP contribution in [0.15, 0.2) is 42.5 Å². The highest BCUT2D eigenvalue weighted by Gasteiger charge is 2.36. The van der Waals surface area contributed by atoms with Gasteiger partial charge in [-0.15, -0.1) is 0 Å². The molecule has 4 rings (SSSR count). The first kappa shape index (κ1) is 28.9. The molecule has 2 aliphatic heterocycles. The molecule has 2 aliphatic rings. The monoisotopic (exact) mass is 548 g/mol. The van der Waals surface area contributed by atoms with Crippen molar-refractivity contribution in [1.29, 1.82) is 0 Å². The van der Waals surface area contributed by atoms with Crippen LogP contribution in [0.3, 0.4) is 0 Å². The van der Waals surface area contributed by atoms with E-state index in [2.05, 4.69) is 6.58 Å². The van der Waals surface area contributed by atoms with Crippen LogP contribution in [0.1, 0.15) is 91.8 Å². The van der Waals surface area contributed by atoms with Gasteiger partial charge in [-0.3, -0.25) is 9.59 Å². The van der Waals surface area contributed by atoms with Gasteiger partial charge >= 0.3 is 11.9 Å². The molecule has 0 saturated carbocycles. The number of cyclic esters (lactones) is 1. The molecule has 0 bridgehead atoms. The summed E-state index contributed by atoms with van der Waals surface area (Å²) in [5.74, 6) is -0.653. The molecule has 1 N–H and O–H groups in total. The van der Waals surface area contributed by atoms with Crippen LogP contribution in [0.4, 0.5) is 0 Å². The zero-order valence-corrected chi connectivity index (χ0v) is 23.3. The second kappa shape index (κ2) is 12.9. The quantitative estimate of drug-likeness (QED) is 0.264. The fraction of sp³-hybridized carbons (Fsp3) is 0.406. The van der Waals surface area contributed by atoms with Crippen molar-refractivity contribution in [2.75, 3.05) is 13.7 Å². The van der Waals surface area contributed by atoms with Gasteiger partial charge in [0.05, 0.1) is 19.6 Å². The molecule has 0 radical (unpaired) electrons. The smallest absolute Gasteiger partial charge is 0.342 e.